The lowest BCUT2D eigenvalue weighted by Gasteiger charge is -2.26. The zero-order valence-corrected chi connectivity index (χ0v) is 15.1. The monoisotopic (exact) mass is 351 g/mol. The Morgan fingerprint density at radius 3 is 3.00 bits per heavy atom. The van der Waals surface area contributed by atoms with Crippen molar-refractivity contribution in [2.24, 2.45) is 0 Å². The molecule has 0 aliphatic carbocycles. The van der Waals surface area contributed by atoms with Crippen LogP contribution >= 0.6 is 23.6 Å². The number of aliphatic hydroxyl groups excluding tert-OH is 1. The van der Waals surface area contributed by atoms with Crippen LogP contribution in [0.2, 0.25) is 0 Å². The second-order valence-electron chi connectivity index (χ2n) is 6.25. The molecule has 1 aromatic heterocycles. The Bertz CT molecular complexity index is 740. The summed E-state index contributed by atoms with van der Waals surface area (Å²) in [4.78, 5) is 1.34. The van der Waals surface area contributed by atoms with Gasteiger partial charge in [0.05, 0.1) is 6.54 Å². The van der Waals surface area contributed by atoms with E-state index in [0.717, 1.165) is 47.4 Å². The molecule has 23 heavy (non-hydrogen) atoms. The lowest BCUT2D eigenvalue weighted by molar-refractivity contribution is -0.931. The van der Waals surface area contributed by atoms with E-state index in [4.69, 9.17) is 12.2 Å². The average Bonchev–Trinajstić information content (AvgIpc) is 2.83. The molecule has 0 bridgehead atoms. The first kappa shape index (κ1) is 16.6. The van der Waals surface area contributed by atoms with E-state index in [1.54, 1.807) is 0 Å². The highest BCUT2D eigenvalue weighted by Gasteiger charge is 2.22. The molecule has 0 spiro atoms. The van der Waals surface area contributed by atoms with Crippen molar-refractivity contribution in [1.29, 1.82) is 0 Å². The number of aryl methyl sites for hydroxylation is 2. The predicted molar refractivity (Wildman–Crippen MR) is 96.1 cm³/mol. The minimum absolute atomic E-state index is 0.195. The van der Waals surface area contributed by atoms with Gasteiger partial charge in [-0.25, -0.2) is 0 Å². The number of piperidine rings is 1. The molecule has 0 amide bonds. The SMILES string of the molecule is Cc1ccc(Nc2nn(C[NH+]3CCC[C@@H](O)C3)c(=S)s2)cc1C. The second-order valence-corrected chi connectivity index (χ2v) is 7.88. The lowest BCUT2D eigenvalue weighted by Crippen LogP contribution is -3.13. The van der Waals surface area contributed by atoms with E-state index in [0.29, 0.717) is 0 Å². The van der Waals surface area contributed by atoms with Gasteiger partial charge in [-0.15, -0.1) is 5.10 Å². The zero-order chi connectivity index (χ0) is 16.4. The molecule has 1 saturated heterocycles. The lowest BCUT2D eigenvalue weighted by atomic mass is 10.1. The van der Waals surface area contributed by atoms with Crippen LogP contribution in [0.5, 0.6) is 0 Å². The Morgan fingerprint density at radius 1 is 1.43 bits per heavy atom. The quantitative estimate of drug-likeness (QED) is 0.738. The van der Waals surface area contributed by atoms with Crippen LogP contribution in [0.3, 0.4) is 0 Å². The highest BCUT2D eigenvalue weighted by molar-refractivity contribution is 7.73. The molecule has 2 aromatic rings. The standard InChI is InChI=1S/C16H22N4OS2/c1-11-5-6-13(8-12(11)2)17-15-18-20(16(22)23-15)10-19-7-3-4-14(21)9-19/h5-6,8,14,21H,3-4,7,9-10H2,1-2H3,(H,17,18)/p+1/t14-/m1/s1. The number of nitrogens with one attached hydrogen (secondary N) is 2. The normalized spacial score (nSPS) is 21.3. The Hall–Kier alpha value is -1.28. The molecule has 1 aromatic carbocycles. The number of rotatable bonds is 4. The number of benzene rings is 1. The zero-order valence-electron chi connectivity index (χ0n) is 13.5. The number of quaternary nitrogens is 1. The Morgan fingerprint density at radius 2 is 2.26 bits per heavy atom. The first-order valence-electron chi connectivity index (χ1n) is 7.95. The summed E-state index contributed by atoms with van der Waals surface area (Å²) >= 11 is 6.93. The Labute approximate surface area is 145 Å². The van der Waals surface area contributed by atoms with Gasteiger partial charge in [0.1, 0.15) is 12.6 Å². The van der Waals surface area contributed by atoms with Crippen molar-refractivity contribution in [2.75, 3.05) is 18.4 Å². The molecule has 1 fully saturated rings. The van der Waals surface area contributed by atoms with Crippen LogP contribution in [0.25, 0.3) is 0 Å². The van der Waals surface area contributed by atoms with Crippen LogP contribution in [-0.4, -0.2) is 34.1 Å². The Balaban J connectivity index is 1.70. The van der Waals surface area contributed by atoms with Gasteiger partial charge >= 0.3 is 0 Å². The van der Waals surface area contributed by atoms with E-state index in [2.05, 4.69) is 42.5 Å². The van der Waals surface area contributed by atoms with Crippen molar-refractivity contribution in [3.63, 3.8) is 0 Å². The summed E-state index contributed by atoms with van der Waals surface area (Å²) in [6, 6.07) is 6.28. The first-order chi connectivity index (χ1) is 11.0. The van der Waals surface area contributed by atoms with Crippen LogP contribution in [-0.2, 0) is 6.67 Å². The fourth-order valence-electron chi connectivity index (χ4n) is 2.88. The van der Waals surface area contributed by atoms with E-state index >= 15 is 0 Å². The third-order valence-electron chi connectivity index (χ3n) is 4.33. The van der Waals surface area contributed by atoms with Gasteiger partial charge < -0.3 is 15.3 Å². The van der Waals surface area contributed by atoms with Gasteiger partial charge in [0.2, 0.25) is 5.13 Å². The topological polar surface area (TPSA) is 54.5 Å². The average molecular weight is 352 g/mol. The number of hydrogen-bond donors (Lipinski definition) is 3. The molecule has 0 radical (unpaired) electrons. The number of aromatic nitrogens is 2. The van der Waals surface area contributed by atoms with Gasteiger partial charge in [-0.2, -0.15) is 4.68 Å². The first-order valence-corrected chi connectivity index (χ1v) is 9.17. The molecule has 1 aliphatic rings. The smallest absolute Gasteiger partial charge is 0.209 e. The fourth-order valence-corrected chi connectivity index (χ4v) is 3.91. The summed E-state index contributed by atoms with van der Waals surface area (Å²) in [5, 5.41) is 18.5. The van der Waals surface area contributed by atoms with Crippen molar-refractivity contribution < 1.29 is 10.0 Å². The van der Waals surface area contributed by atoms with Crippen LogP contribution in [0.15, 0.2) is 18.2 Å². The number of hydrogen-bond acceptors (Lipinski definition) is 5. The molecular weight excluding hydrogens is 328 g/mol. The van der Waals surface area contributed by atoms with E-state index in [1.165, 1.54) is 27.4 Å². The minimum atomic E-state index is -0.195. The van der Waals surface area contributed by atoms with Crippen LogP contribution < -0.4 is 10.2 Å². The van der Waals surface area contributed by atoms with E-state index in [1.807, 2.05) is 4.68 Å². The predicted octanol–water partition coefficient (Wildman–Crippen LogP) is 2.03. The molecular formula is C16H23N4OS2+. The van der Waals surface area contributed by atoms with E-state index < -0.39 is 0 Å². The number of aliphatic hydroxyl groups is 1. The summed E-state index contributed by atoms with van der Waals surface area (Å²) in [5.74, 6) is 0. The molecule has 0 saturated carbocycles. The summed E-state index contributed by atoms with van der Waals surface area (Å²) in [5.41, 5.74) is 3.57. The third kappa shape index (κ3) is 4.17. The molecule has 7 heteroatoms. The number of nitrogens with zero attached hydrogens (tertiary/aromatic N) is 2. The maximum atomic E-state index is 9.79. The molecule has 124 valence electrons. The summed E-state index contributed by atoms with van der Waals surface area (Å²) < 4.78 is 2.64. The number of likely N-dealkylation sites (tertiary alicyclic amines) is 1. The largest absolute Gasteiger partial charge is 0.387 e. The molecule has 2 atom stereocenters. The van der Waals surface area contributed by atoms with E-state index in [-0.39, 0.29) is 6.10 Å². The van der Waals surface area contributed by atoms with Crippen LogP contribution in [0.1, 0.15) is 24.0 Å². The van der Waals surface area contributed by atoms with Gasteiger partial charge in [0.25, 0.3) is 0 Å². The van der Waals surface area contributed by atoms with Crippen molar-refractivity contribution in [2.45, 2.75) is 39.5 Å². The molecule has 2 heterocycles. The molecule has 1 unspecified atom stereocenters. The minimum Gasteiger partial charge on any atom is -0.387 e. The number of anilines is 2. The highest BCUT2D eigenvalue weighted by Crippen LogP contribution is 2.22. The van der Waals surface area contributed by atoms with Crippen molar-refractivity contribution >= 4 is 34.4 Å². The summed E-state index contributed by atoms with van der Waals surface area (Å²) in [6.07, 6.45) is 1.77. The highest BCUT2D eigenvalue weighted by atomic mass is 32.1. The maximum Gasteiger partial charge on any atom is 0.209 e. The molecule has 3 N–H and O–H groups in total. The Kier molecular flexibility index (Phi) is 5.11. The summed E-state index contributed by atoms with van der Waals surface area (Å²) in [7, 11) is 0. The van der Waals surface area contributed by atoms with E-state index in [9.17, 15) is 5.11 Å². The second kappa shape index (κ2) is 7.09. The molecule has 1 aliphatic heterocycles. The van der Waals surface area contributed by atoms with Crippen molar-refractivity contribution in [3.8, 4) is 0 Å². The molecule has 5 nitrogen and oxygen atoms in total. The van der Waals surface area contributed by atoms with Gasteiger partial charge in [-0.3, -0.25) is 0 Å². The van der Waals surface area contributed by atoms with Gasteiger partial charge in [-0.1, -0.05) is 17.4 Å². The van der Waals surface area contributed by atoms with Crippen molar-refractivity contribution in [3.05, 3.63) is 33.3 Å². The summed E-state index contributed by atoms with van der Waals surface area (Å²) in [6.45, 7) is 6.77. The van der Waals surface area contributed by atoms with Crippen LogP contribution in [0.4, 0.5) is 10.8 Å². The van der Waals surface area contributed by atoms with Gasteiger partial charge in [0.15, 0.2) is 10.6 Å². The van der Waals surface area contributed by atoms with Crippen molar-refractivity contribution in [1.82, 2.24) is 9.78 Å². The molecule has 3 rings (SSSR count). The van der Waals surface area contributed by atoms with Crippen LogP contribution in [0, 0.1) is 17.8 Å². The fraction of sp³-hybridized carbons (Fsp3) is 0.500. The maximum absolute atomic E-state index is 9.79. The third-order valence-corrected chi connectivity index (χ3v) is 5.55. The van der Waals surface area contributed by atoms with Gasteiger partial charge in [-0.05, 0) is 62.2 Å². The van der Waals surface area contributed by atoms with Gasteiger partial charge in [0, 0.05) is 5.69 Å².